The molecular weight excluding hydrogens is 374 g/mol. The number of rotatable bonds is 3. The molecular formula is C22H28BrNO. The van der Waals surface area contributed by atoms with Crippen LogP contribution in [0.1, 0.15) is 37.0 Å². The SMILES string of the molecule is Br.CC1[C@H]2Cc3ccc(O)cc3[C@]1(C)CCN2CCc1ccccc1. The summed E-state index contributed by atoms with van der Waals surface area (Å²) in [7, 11) is 0. The molecule has 3 atom stereocenters. The minimum atomic E-state index is 0. The monoisotopic (exact) mass is 401 g/mol. The van der Waals surface area contributed by atoms with E-state index in [0.717, 1.165) is 25.9 Å². The second-order valence-electron chi connectivity index (χ2n) is 7.84. The molecule has 0 radical (unpaired) electrons. The average Bonchev–Trinajstić information content (AvgIpc) is 2.59. The summed E-state index contributed by atoms with van der Waals surface area (Å²) < 4.78 is 0. The predicted molar refractivity (Wildman–Crippen MR) is 109 cm³/mol. The maximum absolute atomic E-state index is 9.94. The molecule has 1 N–H and O–H groups in total. The first kappa shape index (κ1) is 18.5. The molecule has 1 heterocycles. The Morgan fingerprint density at radius 1 is 1.16 bits per heavy atom. The predicted octanol–water partition coefficient (Wildman–Crippen LogP) is 4.74. The molecule has 134 valence electrons. The van der Waals surface area contributed by atoms with Gasteiger partial charge in [-0.25, -0.2) is 0 Å². The van der Waals surface area contributed by atoms with Crippen molar-refractivity contribution >= 4 is 17.0 Å². The van der Waals surface area contributed by atoms with E-state index in [1.54, 1.807) is 0 Å². The van der Waals surface area contributed by atoms with Crippen molar-refractivity contribution in [3.8, 4) is 5.75 Å². The normalized spacial score (nSPS) is 28.1. The Labute approximate surface area is 161 Å². The van der Waals surface area contributed by atoms with Crippen molar-refractivity contribution in [2.24, 2.45) is 5.92 Å². The molecule has 0 aromatic heterocycles. The molecule has 1 aliphatic carbocycles. The van der Waals surface area contributed by atoms with Gasteiger partial charge in [0.1, 0.15) is 5.75 Å². The number of piperidine rings is 1. The molecule has 4 rings (SSSR count). The standard InChI is InChI=1S/C22H27NO.BrH/c1-16-21-14-18-8-9-19(24)15-20(18)22(16,2)11-13-23(21)12-10-17-6-4-3-5-7-17;/h3-9,15-16,21,24H,10-14H2,1-2H3;1H/t16?,21-,22-;/m1./s1. The molecule has 0 spiro atoms. The van der Waals surface area contributed by atoms with Crippen LogP contribution in [0.25, 0.3) is 0 Å². The van der Waals surface area contributed by atoms with E-state index in [1.165, 1.54) is 23.1 Å². The van der Waals surface area contributed by atoms with Crippen LogP contribution in [-0.4, -0.2) is 29.1 Å². The molecule has 0 saturated carbocycles. The van der Waals surface area contributed by atoms with Crippen molar-refractivity contribution in [1.82, 2.24) is 4.90 Å². The van der Waals surface area contributed by atoms with Gasteiger partial charge in [0.25, 0.3) is 0 Å². The van der Waals surface area contributed by atoms with E-state index in [2.05, 4.69) is 55.1 Å². The maximum Gasteiger partial charge on any atom is 0.115 e. The van der Waals surface area contributed by atoms with Crippen molar-refractivity contribution in [1.29, 1.82) is 0 Å². The zero-order chi connectivity index (χ0) is 16.7. The van der Waals surface area contributed by atoms with Crippen molar-refractivity contribution in [2.45, 2.75) is 44.6 Å². The lowest BCUT2D eigenvalue weighted by Crippen LogP contribution is -2.58. The Balaban J connectivity index is 0.00000182. The Morgan fingerprint density at radius 3 is 2.68 bits per heavy atom. The molecule has 1 fully saturated rings. The first-order chi connectivity index (χ1) is 11.6. The fraction of sp³-hybridized carbons (Fsp3) is 0.455. The topological polar surface area (TPSA) is 23.5 Å². The number of phenolic OH excluding ortho intramolecular Hbond substituents is 1. The molecule has 2 nitrogen and oxygen atoms in total. The van der Waals surface area contributed by atoms with Gasteiger partial charge in [0.15, 0.2) is 0 Å². The molecule has 1 saturated heterocycles. The molecule has 2 bridgehead atoms. The van der Waals surface area contributed by atoms with Gasteiger partial charge in [-0.1, -0.05) is 50.2 Å². The van der Waals surface area contributed by atoms with Crippen LogP contribution in [0.2, 0.25) is 0 Å². The van der Waals surface area contributed by atoms with E-state index in [1.807, 2.05) is 12.1 Å². The second kappa shape index (κ2) is 7.13. The molecule has 2 aliphatic rings. The average molecular weight is 402 g/mol. The summed E-state index contributed by atoms with van der Waals surface area (Å²) in [5.74, 6) is 1.03. The quantitative estimate of drug-likeness (QED) is 0.802. The van der Waals surface area contributed by atoms with Gasteiger partial charge < -0.3 is 5.11 Å². The molecule has 1 unspecified atom stereocenters. The smallest absolute Gasteiger partial charge is 0.115 e. The molecule has 25 heavy (non-hydrogen) atoms. The number of phenols is 1. The van der Waals surface area contributed by atoms with Crippen LogP contribution in [0, 0.1) is 5.92 Å². The van der Waals surface area contributed by atoms with E-state index in [9.17, 15) is 5.11 Å². The lowest BCUT2D eigenvalue weighted by molar-refractivity contribution is 0.0322. The summed E-state index contributed by atoms with van der Waals surface area (Å²) in [6.07, 6.45) is 3.42. The Kier molecular flexibility index (Phi) is 5.26. The zero-order valence-electron chi connectivity index (χ0n) is 15.1. The third-order valence-corrected chi connectivity index (χ3v) is 6.64. The van der Waals surface area contributed by atoms with Gasteiger partial charge in [0.05, 0.1) is 0 Å². The van der Waals surface area contributed by atoms with Gasteiger partial charge >= 0.3 is 0 Å². The van der Waals surface area contributed by atoms with Crippen LogP contribution in [-0.2, 0) is 18.3 Å². The minimum Gasteiger partial charge on any atom is -0.508 e. The Bertz CT molecular complexity index is 732. The van der Waals surface area contributed by atoms with Gasteiger partial charge in [-0.3, -0.25) is 4.90 Å². The van der Waals surface area contributed by atoms with Crippen LogP contribution < -0.4 is 0 Å². The number of fused-ring (bicyclic) bond motifs is 4. The number of halogens is 1. The number of hydrogen-bond acceptors (Lipinski definition) is 2. The highest BCUT2D eigenvalue weighted by atomic mass is 79.9. The van der Waals surface area contributed by atoms with Gasteiger partial charge in [0, 0.05) is 12.6 Å². The van der Waals surface area contributed by atoms with Gasteiger partial charge in [-0.15, -0.1) is 17.0 Å². The lowest BCUT2D eigenvalue weighted by Gasteiger charge is -2.54. The van der Waals surface area contributed by atoms with E-state index in [0.29, 0.717) is 17.7 Å². The molecule has 0 amide bonds. The largest absolute Gasteiger partial charge is 0.508 e. The zero-order valence-corrected chi connectivity index (χ0v) is 16.8. The second-order valence-corrected chi connectivity index (χ2v) is 7.84. The summed E-state index contributed by atoms with van der Waals surface area (Å²) in [4.78, 5) is 2.70. The summed E-state index contributed by atoms with van der Waals surface area (Å²) >= 11 is 0. The Morgan fingerprint density at radius 2 is 1.92 bits per heavy atom. The minimum absolute atomic E-state index is 0. The van der Waals surface area contributed by atoms with Gasteiger partial charge in [-0.05, 0) is 66.0 Å². The van der Waals surface area contributed by atoms with E-state index >= 15 is 0 Å². The van der Waals surface area contributed by atoms with Crippen molar-refractivity contribution in [3.63, 3.8) is 0 Å². The summed E-state index contributed by atoms with van der Waals surface area (Å²) in [5, 5.41) is 9.94. The van der Waals surface area contributed by atoms with Crippen LogP contribution in [0.5, 0.6) is 5.75 Å². The highest BCUT2D eigenvalue weighted by molar-refractivity contribution is 8.93. The number of nitrogens with zero attached hydrogens (tertiary/aromatic N) is 1. The molecule has 2 aromatic rings. The number of hydrogen-bond donors (Lipinski definition) is 1. The molecule has 1 aliphatic heterocycles. The number of likely N-dealkylation sites (tertiary alicyclic amines) is 1. The molecule has 3 heteroatoms. The van der Waals surface area contributed by atoms with E-state index in [-0.39, 0.29) is 22.4 Å². The fourth-order valence-electron chi connectivity index (χ4n) is 4.89. The van der Waals surface area contributed by atoms with Gasteiger partial charge in [0.2, 0.25) is 0 Å². The van der Waals surface area contributed by atoms with Crippen LogP contribution in [0.4, 0.5) is 0 Å². The third kappa shape index (κ3) is 3.24. The summed E-state index contributed by atoms with van der Waals surface area (Å²) in [6.45, 7) is 7.11. The highest BCUT2D eigenvalue weighted by Gasteiger charge is 2.48. The number of aromatic hydroxyl groups is 1. The van der Waals surface area contributed by atoms with Gasteiger partial charge in [-0.2, -0.15) is 0 Å². The van der Waals surface area contributed by atoms with Crippen molar-refractivity contribution < 1.29 is 5.11 Å². The third-order valence-electron chi connectivity index (χ3n) is 6.64. The van der Waals surface area contributed by atoms with E-state index < -0.39 is 0 Å². The maximum atomic E-state index is 9.94. The highest BCUT2D eigenvalue weighted by Crippen LogP contribution is 2.49. The first-order valence-corrected chi connectivity index (χ1v) is 9.18. The summed E-state index contributed by atoms with van der Waals surface area (Å²) in [6, 6.07) is 17.4. The summed E-state index contributed by atoms with van der Waals surface area (Å²) in [5.41, 5.74) is 4.44. The van der Waals surface area contributed by atoms with Crippen LogP contribution >= 0.6 is 17.0 Å². The lowest BCUT2D eigenvalue weighted by atomic mass is 9.59. The van der Waals surface area contributed by atoms with Crippen molar-refractivity contribution in [3.05, 3.63) is 65.2 Å². The number of benzene rings is 2. The van der Waals surface area contributed by atoms with Crippen LogP contribution in [0.3, 0.4) is 0 Å². The van der Waals surface area contributed by atoms with Crippen LogP contribution in [0.15, 0.2) is 48.5 Å². The van der Waals surface area contributed by atoms with Crippen molar-refractivity contribution in [2.75, 3.05) is 13.1 Å². The molecule has 2 aromatic carbocycles. The first-order valence-electron chi connectivity index (χ1n) is 9.18. The Hall–Kier alpha value is -1.32. The van der Waals surface area contributed by atoms with E-state index in [4.69, 9.17) is 0 Å². The fourth-order valence-corrected chi connectivity index (χ4v) is 4.89.